The molecule has 0 saturated carbocycles. The third kappa shape index (κ3) is 4.39. The average Bonchev–Trinajstić information content (AvgIpc) is 2.29. The van der Waals surface area contributed by atoms with E-state index in [1.54, 1.807) is 6.33 Å². The quantitative estimate of drug-likeness (QED) is 0.827. The van der Waals surface area contributed by atoms with Gasteiger partial charge < -0.3 is 5.32 Å². The number of hydrogen-bond donors (Lipinski definition) is 1. The van der Waals surface area contributed by atoms with Gasteiger partial charge in [-0.15, -0.1) is 0 Å². The number of rotatable bonds is 6. The second-order valence-corrected chi connectivity index (χ2v) is 5.52. The van der Waals surface area contributed by atoms with Gasteiger partial charge in [0.25, 0.3) is 0 Å². The number of anilines is 1. The molecular weight excluding hydrogens is 218 g/mol. The molecule has 0 fully saturated rings. The normalized spacial score (nSPS) is 12.8. The van der Waals surface area contributed by atoms with Crippen molar-refractivity contribution in [3.63, 3.8) is 0 Å². The van der Waals surface area contributed by atoms with E-state index >= 15 is 0 Å². The van der Waals surface area contributed by atoms with Crippen LogP contribution in [0, 0.1) is 0 Å². The van der Waals surface area contributed by atoms with Crippen LogP contribution in [-0.4, -0.2) is 28.0 Å². The molecule has 0 aliphatic carbocycles. The minimum absolute atomic E-state index is 0.452. The Hall–Kier alpha value is -0.770. The number of thioether (sulfide) groups is 1. The zero-order valence-electron chi connectivity index (χ0n) is 10.5. The molecule has 0 aliphatic heterocycles. The van der Waals surface area contributed by atoms with Crippen LogP contribution in [0.4, 0.5) is 5.82 Å². The molecule has 90 valence electrons. The predicted molar refractivity (Wildman–Crippen MR) is 72.2 cm³/mol. The summed E-state index contributed by atoms with van der Waals surface area (Å²) < 4.78 is 0. The molecule has 3 nitrogen and oxygen atoms in total. The van der Waals surface area contributed by atoms with E-state index in [1.807, 2.05) is 17.8 Å². The molecule has 1 aromatic heterocycles. The molecule has 0 aliphatic rings. The van der Waals surface area contributed by atoms with Crippen LogP contribution in [0.1, 0.15) is 38.8 Å². The Labute approximate surface area is 102 Å². The lowest BCUT2D eigenvalue weighted by molar-refractivity contribution is 0.809. The van der Waals surface area contributed by atoms with Gasteiger partial charge in [-0.2, -0.15) is 11.8 Å². The molecule has 4 heteroatoms. The van der Waals surface area contributed by atoms with Gasteiger partial charge in [0.05, 0.1) is 0 Å². The molecule has 0 spiro atoms. The number of nitrogens with one attached hydrogen (secondary N) is 1. The van der Waals surface area contributed by atoms with Crippen molar-refractivity contribution in [2.75, 3.05) is 18.1 Å². The van der Waals surface area contributed by atoms with E-state index in [2.05, 4.69) is 42.3 Å². The summed E-state index contributed by atoms with van der Waals surface area (Å²) >= 11 is 1.90. The molecular formula is C12H21N3S. The Morgan fingerprint density at radius 3 is 2.69 bits per heavy atom. The first-order valence-corrected chi connectivity index (χ1v) is 7.01. The molecule has 1 N–H and O–H groups in total. The SMILES string of the molecule is CSC(C)CCNc1cc(C(C)C)ncn1. The Morgan fingerprint density at radius 1 is 1.31 bits per heavy atom. The van der Waals surface area contributed by atoms with Gasteiger partial charge in [-0.3, -0.25) is 0 Å². The van der Waals surface area contributed by atoms with E-state index in [1.165, 1.54) is 0 Å². The summed E-state index contributed by atoms with van der Waals surface area (Å²) in [5.74, 6) is 1.39. The van der Waals surface area contributed by atoms with Crippen LogP contribution in [0.2, 0.25) is 0 Å². The molecule has 1 aromatic rings. The van der Waals surface area contributed by atoms with Gasteiger partial charge >= 0.3 is 0 Å². The van der Waals surface area contributed by atoms with Gasteiger partial charge in [0.15, 0.2) is 0 Å². The van der Waals surface area contributed by atoms with Gasteiger partial charge in [-0.25, -0.2) is 9.97 Å². The molecule has 16 heavy (non-hydrogen) atoms. The third-order valence-corrected chi connectivity index (χ3v) is 3.58. The molecule has 1 rings (SSSR count). The van der Waals surface area contributed by atoms with Crippen molar-refractivity contribution in [2.24, 2.45) is 0 Å². The van der Waals surface area contributed by atoms with E-state index < -0.39 is 0 Å². The summed E-state index contributed by atoms with van der Waals surface area (Å²) in [5, 5.41) is 4.03. The zero-order chi connectivity index (χ0) is 12.0. The fourth-order valence-corrected chi connectivity index (χ4v) is 1.66. The minimum Gasteiger partial charge on any atom is -0.370 e. The number of hydrogen-bond acceptors (Lipinski definition) is 4. The van der Waals surface area contributed by atoms with Crippen LogP contribution in [-0.2, 0) is 0 Å². The molecule has 1 unspecified atom stereocenters. The highest BCUT2D eigenvalue weighted by Crippen LogP contribution is 2.14. The Bertz CT molecular complexity index is 315. The smallest absolute Gasteiger partial charge is 0.129 e. The minimum atomic E-state index is 0.452. The fourth-order valence-electron chi connectivity index (χ4n) is 1.31. The highest BCUT2D eigenvalue weighted by Gasteiger charge is 2.03. The van der Waals surface area contributed by atoms with Crippen LogP contribution in [0.25, 0.3) is 0 Å². The van der Waals surface area contributed by atoms with Gasteiger partial charge in [-0.05, 0) is 18.6 Å². The summed E-state index contributed by atoms with van der Waals surface area (Å²) in [6.45, 7) is 7.49. The molecule has 0 saturated heterocycles. The molecule has 1 atom stereocenters. The van der Waals surface area contributed by atoms with E-state index in [0.29, 0.717) is 11.2 Å². The number of aromatic nitrogens is 2. The van der Waals surface area contributed by atoms with Crippen molar-refractivity contribution >= 4 is 17.6 Å². The molecule has 0 aromatic carbocycles. The van der Waals surface area contributed by atoms with Crippen molar-refractivity contribution in [2.45, 2.75) is 38.4 Å². The van der Waals surface area contributed by atoms with Gasteiger partial charge in [0.2, 0.25) is 0 Å². The van der Waals surface area contributed by atoms with E-state index in [-0.39, 0.29) is 0 Å². The van der Waals surface area contributed by atoms with Crippen LogP contribution < -0.4 is 5.32 Å². The van der Waals surface area contributed by atoms with Crippen molar-refractivity contribution < 1.29 is 0 Å². The third-order valence-electron chi connectivity index (χ3n) is 2.54. The summed E-state index contributed by atoms with van der Waals surface area (Å²) in [5.41, 5.74) is 1.09. The van der Waals surface area contributed by atoms with E-state index in [0.717, 1.165) is 24.5 Å². The van der Waals surface area contributed by atoms with Crippen LogP contribution >= 0.6 is 11.8 Å². The Morgan fingerprint density at radius 2 is 2.06 bits per heavy atom. The fraction of sp³-hybridized carbons (Fsp3) is 0.667. The zero-order valence-corrected chi connectivity index (χ0v) is 11.3. The second kappa shape index (κ2) is 6.74. The maximum absolute atomic E-state index is 4.24. The molecule has 0 amide bonds. The highest BCUT2D eigenvalue weighted by molar-refractivity contribution is 7.99. The second-order valence-electron chi connectivity index (χ2n) is 4.24. The van der Waals surface area contributed by atoms with Crippen molar-refractivity contribution in [3.05, 3.63) is 18.1 Å². The standard InChI is InChI=1S/C12H21N3S/c1-9(2)11-7-12(15-8-14-11)13-6-5-10(3)16-4/h7-10H,5-6H2,1-4H3,(H,13,14,15). The first-order chi connectivity index (χ1) is 7.63. The predicted octanol–water partition coefficient (Wildman–Crippen LogP) is 3.15. The summed E-state index contributed by atoms with van der Waals surface area (Å²) in [6.07, 6.45) is 4.93. The van der Waals surface area contributed by atoms with E-state index in [4.69, 9.17) is 0 Å². The lowest BCUT2D eigenvalue weighted by atomic mass is 10.1. The van der Waals surface area contributed by atoms with Crippen molar-refractivity contribution in [1.29, 1.82) is 0 Å². The van der Waals surface area contributed by atoms with Gasteiger partial charge in [0.1, 0.15) is 12.1 Å². The largest absolute Gasteiger partial charge is 0.370 e. The average molecular weight is 239 g/mol. The van der Waals surface area contributed by atoms with Crippen molar-refractivity contribution in [1.82, 2.24) is 9.97 Å². The maximum Gasteiger partial charge on any atom is 0.129 e. The first-order valence-electron chi connectivity index (χ1n) is 5.72. The summed E-state index contributed by atoms with van der Waals surface area (Å²) in [4.78, 5) is 8.46. The van der Waals surface area contributed by atoms with Gasteiger partial charge in [-0.1, -0.05) is 20.8 Å². The topological polar surface area (TPSA) is 37.8 Å². The number of nitrogens with zero attached hydrogens (tertiary/aromatic N) is 2. The van der Waals surface area contributed by atoms with Crippen LogP contribution in [0.5, 0.6) is 0 Å². The Kier molecular flexibility index (Phi) is 5.60. The summed E-state index contributed by atoms with van der Waals surface area (Å²) in [7, 11) is 0. The van der Waals surface area contributed by atoms with E-state index in [9.17, 15) is 0 Å². The molecule has 1 heterocycles. The van der Waals surface area contributed by atoms with Crippen molar-refractivity contribution in [3.8, 4) is 0 Å². The lowest BCUT2D eigenvalue weighted by Crippen LogP contribution is -2.09. The maximum atomic E-state index is 4.24. The monoisotopic (exact) mass is 239 g/mol. The summed E-state index contributed by atoms with van der Waals surface area (Å²) in [6, 6.07) is 2.04. The molecule has 0 radical (unpaired) electrons. The van der Waals surface area contributed by atoms with Gasteiger partial charge in [0, 0.05) is 23.6 Å². The highest BCUT2D eigenvalue weighted by atomic mass is 32.2. The molecule has 0 bridgehead atoms. The lowest BCUT2D eigenvalue weighted by Gasteiger charge is -2.10. The van der Waals surface area contributed by atoms with Crippen LogP contribution in [0.15, 0.2) is 12.4 Å². The first kappa shape index (κ1) is 13.3. The van der Waals surface area contributed by atoms with Crippen LogP contribution in [0.3, 0.4) is 0 Å². The Balaban J connectivity index is 2.45.